The van der Waals surface area contributed by atoms with Crippen LogP contribution in [0.3, 0.4) is 0 Å². The summed E-state index contributed by atoms with van der Waals surface area (Å²) in [4.78, 5) is 33.6. The summed E-state index contributed by atoms with van der Waals surface area (Å²) < 4.78 is 0. The number of nitrogens with zero attached hydrogens (tertiary/aromatic N) is 2. The third kappa shape index (κ3) is 5.78. The lowest BCUT2D eigenvalue weighted by atomic mass is 10.1. The molecule has 0 spiro atoms. The summed E-state index contributed by atoms with van der Waals surface area (Å²) in [6.07, 6.45) is 0. The van der Waals surface area contributed by atoms with Gasteiger partial charge >= 0.3 is 0 Å². The van der Waals surface area contributed by atoms with E-state index in [-0.39, 0.29) is 11.8 Å². The number of aromatic nitrogens is 2. The number of anilines is 2. The second kappa shape index (κ2) is 9.86. The molecular weight excluding hydrogens is 448 g/mol. The summed E-state index contributed by atoms with van der Waals surface area (Å²) in [7, 11) is 0. The monoisotopic (exact) mass is 466 g/mol. The van der Waals surface area contributed by atoms with E-state index in [1.807, 2.05) is 64.8 Å². The molecular formula is C22H18N4O2S3. The Morgan fingerprint density at radius 2 is 1.77 bits per heavy atom. The number of hydrogen-bond donors (Lipinski definition) is 2. The maximum Gasteiger partial charge on any atom is 0.257 e. The van der Waals surface area contributed by atoms with Crippen molar-refractivity contribution >= 4 is 57.1 Å². The highest BCUT2D eigenvalue weighted by atomic mass is 32.2. The second-order valence-electron chi connectivity index (χ2n) is 6.54. The molecule has 0 saturated carbocycles. The van der Waals surface area contributed by atoms with Gasteiger partial charge in [-0.1, -0.05) is 12.1 Å². The fourth-order valence-electron chi connectivity index (χ4n) is 2.73. The van der Waals surface area contributed by atoms with Gasteiger partial charge in [-0.25, -0.2) is 9.97 Å². The van der Waals surface area contributed by atoms with E-state index in [1.54, 1.807) is 23.1 Å². The molecule has 0 fully saturated rings. The predicted octanol–water partition coefficient (Wildman–Crippen LogP) is 5.77. The Balaban J connectivity index is 1.35. The molecule has 0 aliphatic rings. The molecule has 2 N–H and O–H groups in total. The number of carbonyl (C=O) groups excluding carboxylic acids is 2. The highest BCUT2D eigenvalue weighted by Gasteiger charge is 2.11. The summed E-state index contributed by atoms with van der Waals surface area (Å²) in [5.41, 5.74) is 5.87. The van der Waals surface area contributed by atoms with Crippen molar-refractivity contribution in [3.8, 4) is 11.3 Å². The molecule has 0 saturated heterocycles. The molecule has 0 atom stereocenters. The van der Waals surface area contributed by atoms with E-state index in [4.69, 9.17) is 0 Å². The molecule has 9 heteroatoms. The van der Waals surface area contributed by atoms with E-state index in [0.29, 0.717) is 10.7 Å². The quantitative estimate of drug-likeness (QED) is 0.338. The SMILES string of the molecule is CC(=O)Nc1ccc(-c2csc(NC(=O)c3ccc(SCc4cscn4)cc3)n2)cc1. The van der Waals surface area contributed by atoms with Crippen molar-refractivity contribution in [1.29, 1.82) is 0 Å². The van der Waals surface area contributed by atoms with Gasteiger partial charge in [-0.2, -0.15) is 0 Å². The number of carbonyl (C=O) groups is 2. The van der Waals surface area contributed by atoms with Crippen molar-refractivity contribution in [2.24, 2.45) is 0 Å². The van der Waals surface area contributed by atoms with Crippen molar-refractivity contribution in [2.45, 2.75) is 17.6 Å². The number of thiazole rings is 2. The lowest BCUT2D eigenvalue weighted by Crippen LogP contribution is -2.11. The van der Waals surface area contributed by atoms with Crippen LogP contribution >= 0.6 is 34.4 Å². The minimum absolute atomic E-state index is 0.113. The molecule has 0 unspecified atom stereocenters. The first-order valence-corrected chi connectivity index (χ1v) is 12.1. The maximum atomic E-state index is 12.6. The van der Waals surface area contributed by atoms with Crippen LogP contribution in [0.25, 0.3) is 11.3 Å². The molecule has 2 aromatic carbocycles. The van der Waals surface area contributed by atoms with E-state index in [1.165, 1.54) is 18.3 Å². The van der Waals surface area contributed by atoms with Gasteiger partial charge in [-0.3, -0.25) is 14.9 Å². The van der Waals surface area contributed by atoms with Crippen LogP contribution in [0.2, 0.25) is 0 Å². The van der Waals surface area contributed by atoms with Gasteiger partial charge in [0.2, 0.25) is 5.91 Å². The first kappa shape index (κ1) is 21.2. The van der Waals surface area contributed by atoms with Gasteiger partial charge in [0.1, 0.15) is 0 Å². The number of hydrogen-bond acceptors (Lipinski definition) is 7. The standard InChI is InChI=1S/C22H18N4O2S3/c1-14(27)24-17-6-2-15(3-7-17)20-12-31-22(25-20)26-21(28)16-4-8-19(9-5-16)30-11-18-10-29-13-23-18/h2-10,12-13H,11H2,1H3,(H,24,27)(H,25,26,28). The van der Waals surface area contributed by atoms with Crippen LogP contribution < -0.4 is 10.6 Å². The summed E-state index contributed by atoms with van der Waals surface area (Å²) in [5, 5.41) is 10.1. The Bertz CT molecular complexity index is 1170. The molecule has 0 bridgehead atoms. The number of amides is 2. The Morgan fingerprint density at radius 1 is 1.00 bits per heavy atom. The zero-order chi connectivity index (χ0) is 21.6. The number of rotatable bonds is 7. The van der Waals surface area contributed by atoms with E-state index >= 15 is 0 Å². The molecule has 6 nitrogen and oxygen atoms in total. The second-order valence-corrected chi connectivity index (χ2v) is 9.17. The molecule has 2 amide bonds. The van der Waals surface area contributed by atoms with Gasteiger partial charge < -0.3 is 5.32 Å². The Kier molecular flexibility index (Phi) is 6.76. The number of nitrogens with one attached hydrogen (secondary N) is 2. The fourth-order valence-corrected chi connectivity index (χ4v) is 4.91. The van der Waals surface area contributed by atoms with E-state index in [9.17, 15) is 9.59 Å². The summed E-state index contributed by atoms with van der Waals surface area (Å²) in [6, 6.07) is 14.9. The zero-order valence-corrected chi connectivity index (χ0v) is 18.9. The van der Waals surface area contributed by atoms with Gasteiger partial charge in [0.15, 0.2) is 5.13 Å². The maximum absolute atomic E-state index is 12.6. The smallest absolute Gasteiger partial charge is 0.257 e. The van der Waals surface area contributed by atoms with Gasteiger partial charge in [0.25, 0.3) is 5.91 Å². The Hall–Kier alpha value is -3.01. The molecule has 0 aliphatic heterocycles. The Morgan fingerprint density at radius 3 is 2.45 bits per heavy atom. The fraction of sp³-hybridized carbons (Fsp3) is 0.0909. The first-order chi connectivity index (χ1) is 15.1. The summed E-state index contributed by atoms with van der Waals surface area (Å²) >= 11 is 4.64. The van der Waals surface area contributed by atoms with Crippen molar-refractivity contribution < 1.29 is 9.59 Å². The topological polar surface area (TPSA) is 84.0 Å². The lowest BCUT2D eigenvalue weighted by molar-refractivity contribution is -0.114. The average molecular weight is 467 g/mol. The third-order valence-electron chi connectivity index (χ3n) is 4.21. The number of benzene rings is 2. The van der Waals surface area contributed by atoms with Gasteiger partial charge in [0.05, 0.1) is 16.9 Å². The van der Waals surface area contributed by atoms with Crippen LogP contribution in [-0.2, 0) is 10.5 Å². The normalized spacial score (nSPS) is 10.6. The molecule has 4 rings (SSSR count). The third-order valence-corrected chi connectivity index (χ3v) is 6.65. The van der Waals surface area contributed by atoms with Gasteiger partial charge in [-0.15, -0.1) is 34.4 Å². The van der Waals surface area contributed by atoms with E-state index in [0.717, 1.165) is 33.3 Å². The van der Waals surface area contributed by atoms with Crippen molar-refractivity contribution in [3.05, 3.63) is 76.1 Å². The van der Waals surface area contributed by atoms with Crippen LogP contribution in [0, 0.1) is 0 Å². The summed E-state index contributed by atoms with van der Waals surface area (Å²) in [5.74, 6) is 0.499. The molecule has 0 aliphatic carbocycles. The van der Waals surface area contributed by atoms with Crippen LogP contribution in [0.15, 0.2) is 69.7 Å². The minimum Gasteiger partial charge on any atom is -0.326 e. The van der Waals surface area contributed by atoms with E-state index in [2.05, 4.69) is 20.6 Å². The molecule has 31 heavy (non-hydrogen) atoms. The summed E-state index contributed by atoms with van der Waals surface area (Å²) in [6.45, 7) is 1.47. The molecule has 2 aromatic heterocycles. The largest absolute Gasteiger partial charge is 0.326 e. The first-order valence-electron chi connectivity index (χ1n) is 9.31. The van der Waals surface area contributed by atoms with Gasteiger partial charge in [0, 0.05) is 45.1 Å². The highest BCUT2D eigenvalue weighted by Crippen LogP contribution is 2.27. The molecule has 156 valence electrons. The van der Waals surface area contributed by atoms with Crippen LogP contribution in [0.4, 0.5) is 10.8 Å². The average Bonchev–Trinajstić information content (AvgIpc) is 3.45. The van der Waals surface area contributed by atoms with Crippen LogP contribution in [-0.4, -0.2) is 21.8 Å². The van der Waals surface area contributed by atoms with Crippen LogP contribution in [0.1, 0.15) is 23.0 Å². The minimum atomic E-state index is -0.196. The van der Waals surface area contributed by atoms with Crippen molar-refractivity contribution in [1.82, 2.24) is 9.97 Å². The predicted molar refractivity (Wildman–Crippen MR) is 128 cm³/mol. The molecule has 4 aromatic rings. The van der Waals surface area contributed by atoms with Crippen LogP contribution in [0.5, 0.6) is 0 Å². The Labute approximate surface area is 191 Å². The van der Waals surface area contributed by atoms with Gasteiger partial charge in [-0.05, 0) is 36.4 Å². The zero-order valence-electron chi connectivity index (χ0n) is 16.5. The van der Waals surface area contributed by atoms with Crippen molar-refractivity contribution in [3.63, 3.8) is 0 Å². The molecule has 0 radical (unpaired) electrons. The molecule has 2 heterocycles. The lowest BCUT2D eigenvalue weighted by Gasteiger charge is -2.04. The number of thioether (sulfide) groups is 1. The van der Waals surface area contributed by atoms with E-state index < -0.39 is 0 Å². The highest BCUT2D eigenvalue weighted by molar-refractivity contribution is 7.98. The van der Waals surface area contributed by atoms with Crippen molar-refractivity contribution in [2.75, 3.05) is 10.6 Å².